The monoisotopic (exact) mass is 270 g/mol. The summed E-state index contributed by atoms with van der Waals surface area (Å²) in [5.41, 5.74) is 8.78. The van der Waals surface area contributed by atoms with Gasteiger partial charge in [-0.15, -0.1) is 0 Å². The third kappa shape index (κ3) is 2.18. The molecule has 2 aromatic rings. The van der Waals surface area contributed by atoms with Crippen LogP contribution >= 0.6 is 0 Å². The van der Waals surface area contributed by atoms with Gasteiger partial charge in [-0.1, -0.05) is 18.2 Å². The second kappa shape index (κ2) is 5.06. The maximum atomic E-state index is 13.4. The van der Waals surface area contributed by atoms with Crippen LogP contribution in [0.2, 0.25) is 0 Å². The number of hydrogen-bond acceptors (Lipinski definition) is 2. The Labute approximate surface area is 116 Å². The lowest BCUT2D eigenvalue weighted by molar-refractivity contribution is 0.0989. The van der Waals surface area contributed by atoms with E-state index >= 15 is 0 Å². The van der Waals surface area contributed by atoms with Gasteiger partial charge in [0, 0.05) is 18.7 Å². The summed E-state index contributed by atoms with van der Waals surface area (Å²) in [5, 5.41) is 0. The number of nitrogens with two attached hydrogens (primary N) is 1. The van der Waals surface area contributed by atoms with Crippen LogP contribution in [0, 0.1) is 5.82 Å². The molecule has 0 fully saturated rings. The molecule has 0 aliphatic carbocycles. The van der Waals surface area contributed by atoms with Crippen LogP contribution in [0.25, 0.3) is 0 Å². The van der Waals surface area contributed by atoms with E-state index in [-0.39, 0.29) is 11.7 Å². The zero-order valence-electron chi connectivity index (χ0n) is 11.0. The van der Waals surface area contributed by atoms with Crippen molar-refractivity contribution in [3.8, 4) is 0 Å². The first-order chi connectivity index (χ1) is 9.69. The van der Waals surface area contributed by atoms with Crippen molar-refractivity contribution in [2.45, 2.75) is 13.0 Å². The number of benzene rings is 2. The molecule has 0 unspecified atom stereocenters. The summed E-state index contributed by atoms with van der Waals surface area (Å²) in [4.78, 5) is 14.2. The van der Waals surface area contributed by atoms with Gasteiger partial charge in [-0.3, -0.25) is 4.79 Å². The summed E-state index contributed by atoms with van der Waals surface area (Å²) < 4.78 is 13.4. The molecule has 1 amide bonds. The molecule has 0 radical (unpaired) electrons. The number of carbonyl (C=O) groups is 1. The lowest BCUT2D eigenvalue weighted by Gasteiger charge is -2.17. The van der Waals surface area contributed by atoms with Gasteiger partial charge in [0.15, 0.2) is 0 Å². The fourth-order valence-electron chi connectivity index (χ4n) is 2.55. The molecule has 3 rings (SSSR count). The average molecular weight is 270 g/mol. The van der Waals surface area contributed by atoms with E-state index in [0.29, 0.717) is 24.3 Å². The van der Waals surface area contributed by atoms with Gasteiger partial charge in [-0.25, -0.2) is 4.39 Å². The van der Waals surface area contributed by atoms with E-state index in [0.717, 1.165) is 17.5 Å². The van der Waals surface area contributed by atoms with Gasteiger partial charge in [0.05, 0.1) is 5.69 Å². The van der Waals surface area contributed by atoms with E-state index in [1.807, 2.05) is 12.1 Å². The molecule has 0 saturated carbocycles. The van der Waals surface area contributed by atoms with Gasteiger partial charge in [-0.2, -0.15) is 0 Å². The van der Waals surface area contributed by atoms with E-state index in [9.17, 15) is 9.18 Å². The molecule has 0 saturated heterocycles. The van der Waals surface area contributed by atoms with Gasteiger partial charge in [0.25, 0.3) is 5.91 Å². The Balaban J connectivity index is 1.95. The van der Waals surface area contributed by atoms with Crippen molar-refractivity contribution in [3.05, 3.63) is 65.0 Å². The van der Waals surface area contributed by atoms with Crippen molar-refractivity contribution >= 4 is 11.6 Å². The van der Waals surface area contributed by atoms with Crippen LogP contribution < -0.4 is 10.6 Å². The van der Waals surface area contributed by atoms with Crippen molar-refractivity contribution in [3.63, 3.8) is 0 Å². The molecule has 4 heteroatoms. The minimum absolute atomic E-state index is 0.107. The number of rotatable bonds is 2. The van der Waals surface area contributed by atoms with Crippen molar-refractivity contribution in [1.29, 1.82) is 0 Å². The van der Waals surface area contributed by atoms with Gasteiger partial charge < -0.3 is 10.6 Å². The Morgan fingerprint density at radius 2 is 2.10 bits per heavy atom. The largest absolute Gasteiger partial charge is 0.326 e. The molecular weight excluding hydrogens is 255 g/mol. The smallest absolute Gasteiger partial charge is 0.258 e. The second-order valence-corrected chi connectivity index (χ2v) is 4.88. The van der Waals surface area contributed by atoms with Crippen molar-refractivity contribution in [2.24, 2.45) is 5.73 Å². The summed E-state index contributed by atoms with van der Waals surface area (Å²) >= 11 is 0. The zero-order valence-corrected chi connectivity index (χ0v) is 11.0. The van der Waals surface area contributed by atoms with E-state index in [2.05, 4.69) is 0 Å². The van der Waals surface area contributed by atoms with Crippen LogP contribution in [0.4, 0.5) is 10.1 Å². The minimum Gasteiger partial charge on any atom is -0.326 e. The SMILES string of the molecule is NCc1cccc(C(=O)N2CCc3ccc(F)cc32)c1. The summed E-state index contributed by atoms with van der Waals surface area (Å²) in [7, 11) is 0. The Kier molecular flexibility index (Phi) is 3.24. The highest BCUT2D eigenvalue weighted by molar-refractivity contribution is 6.07. The highest BCUT2D eigenvalue weighted by atomic mass is 19.1. The lowest BCUT2D eigenvalue weighted by atomic mass is 10.1. The molecule has 0 aromatic heterocycles. The zero-order chi connectivity index (χ0) is 14.1. The number of anilines is 1. The number of carbonyl (C=O) groups excluding carboxylic acids is 1. The molecule has 0 bridgehead atoms. The Morgan fingerprint density at radius 1 is 1.25 bits per heavy atom. The molecule has 1 aliphatic rings. The number of fused-ring (bicyclic) bond motifs is 1. The Bertz CT molecular complexity index is 669. The molecule has 0 atom stereocenters. The molecule has 102 valence electrons. The van der Waals surface area contributed by atoms with E-state index in [1.54, 1.807) is 23.1 Å². The first kappa shape index (κ1) is 12.8. The van der Waals surface area contributed by atoms with Crippen LogP contribution in [0.3, 0.4) is 0 Å². The number of hydrogen-bond donors (Lipinski definition) is 1. The van der Waals surface area contributed by atoms with Crippen molar-refractivity contribution < 1.29 is 9.18 Å². The molecule has 0 spiro atoms. The van der Waals surface area contributed by atoms with Crippen LogP contribution in [-0.4, -0.2) is 12.5 Å². The maximum Gasteiger partial charge on any atom is 0.258 e. The first-order valence-corrected chi connectivity index (χ1v) is 6.58. The second-order valence-electron chi connectivity index (χ2n) is 4.88. The van der Waals surface area contributed by atoms with E-state index in [1.165, 1.54) is 12.1 Å². The molecule has 1 aliphatic heterocycles. The molecule has 2 N–H and O–H groups in total. The number of halogens is 1. The van der Waals surface area contributed by atoms with Crippen LogP contribution in [-0.2, 0) is 13.0 Å². The quantitative estimate of drug-likeness (QED) is 0.911. The summed E-state index contributed by atoms with van der Waals surface area (Å²) in [6.07, 6.45) is 0.762. The highest BCUT2D eigenvalue weighted by Crippen LogP contribution is 2.30. The van der Waals surface area contributed by atoms with Gasteiger partial charge in [-0.05, 0) is 41.8 Å². The standard InChI is InChI=1S/C16H15FN2O/c17-14-5-4-12-6-7-19(15(12)9-14)16(20)13-3-1-2-11(8-13)10-18/h1-5,8-9H,6-7,10,18H2. The van der Waals surface area contributed by atoms with Crippen LogP contribution in [0.15, 0.2) is 42.5 Å². The third-order valence-corrected chi connectivity index (χ3v) is 3.60. The molecule has 3 nitrogen and oxygen atoms in total. The minimum atomic E-state index is -0.320. The maximum absolute atomic E-state index is 13.4. The van der Waals surface area contributed by atoms with E-state index < -0.39 is 0 Å². The van der Waals surface area contributed by atoms with E-state index in [4.69, 9.17) is 5.73 Å². The Morgan fingerprint density at radius 3 is 2.90 bits per heavy atom. The number of nitrogens with zero attached hydrogens (tertiary/aromatic N) is 1. The predicted octanol–water partition coefficient (Wildman–Crippen LogP) is 2.49. The van der Waals surface area contributed by atoms with Gasteiger partial charge in [0.2, 0.25) is 0 Å². The topological polar surface area (TPSA) is 46.3 Å². The van der Waals surface area contributed by atoms with Crippen molar-refractivity contribution in [1.82, 2.24) is 0 Å². The normalized spacial score (nSPS) is 13.4. The summed E-state index contributed by atoms with van der Waals surface area (Å²) in [5.74, 6) is -0.427. The molecule has 20 heavy (non-hydrogen) atoms. The van der Waals surface area contributed by atoms with Gasteiger partial charge in [0.1, 0.15) is 5.82 Å². The van der Waals surface area contributed by atoms with Gasteiger partial charge >= 0.3 is 0 Å². The fourth-order valence-corrected chi connectivity index (χ4v) is 2.55. The molecular formula is C16H15FN2O. The first-order valence-electron chi connectivity index (χ1n) is 6.58. The number of amides is 1. The third-order valence-electron chi connectivity index (χ3n) is 3.60. The van der Waals surface area contributed by atoms with Crippen LogP contribution in [0.1, 0.15) is 21.5 Å². The Hall–Kier alpha value is -2.20. The summed E-state index contributed by atoms with van der Waals surface area (Å²) in [6, 6.07) is 11.9. The highest BCUT2D eigenvalue weighted by Gasteiger charge is 2.25. The van der Waals surface area contributed by atoms with Crippen LogP contribution in [0.5, 0.6) is 0 Å². The average Bonchev–Trinajstić information content (AvgIpc) is 2.89. The summed E-state index contributed by atoms with van der Waals surface area (Å²) in [6.45, 7) is 0.983. The molecule has 2 aromatic carbocycles. The lowest BCUT2D eigenvalue weighted by Crippen LogP contribution is -2.29. The fraction of sp³-hybridized carbons (Fsp3) is 0.188. The predicted molar refractivity (Wildman–Crippen MR) is 76.1 cm³/mol. The van der Waals surface area contributed by atoms with Crippen molar-refractivity contribution in [2.75, 3.05) is 11.4 Å². The molecule has 1 heterocycles.